The molecule has 0 saturated carbocycles. The van der Waals surface area contributed by atoms with Crippen molar-refractivity contribution in [2.45, 2.75) is 74.1 Å². The minimum atomic E-state index is -0.521. The molecule has 3 rings (SSSR count). The number of fused-ring (bicyclic) bond motifs is 2. The van der Waals surface area contributed by atoms with E-state index in [2.05, 4.69) is 45.9 Å². The summed E-state index contributed by atoms with van der Waals surface area (Å²) in [7, 11) is 1.84. The van der Waals surface area contributed by atoms with E-state index < -0.39 is 11.9 Å². The smallest absolute Gasteiger partial charge is 0.308 e. The van der Waals surface area contributed by atoms with Crippen LogP contribution in [-0.4, -0.2) is 31.4 Å². The molecule has 0 spiro atoms. The third-order valence-corrected chi connectivity index (χ3v) is 6.96. The minimum Gasteiger partial charge on any atom is -0.427 e. The number of esters is 2. The lowest BCUT2D eigenvalue weighted by atomic mass is 10.1. The number of nitrogens with zero attached hydrogens (tertiary/aromatic N) is 2. The van der Waals surface area contributed by atoms with Crippen molar-refractivity contribution < 1.29 is 23.9 Å². The van der Waals surface area contributed by atoms with E-state index in [1.165, 1.54) is 31.1 Å². The summed E-state index contributed by atoms with van der Waals surface area (Å²) in [5, 5.41) is 0. The Bertz CT molecular complexity index is 1410. The lowest BCUT2D eigenvalue weighted by molar-refractivity contribution is -0.132. The van der Waals surface area contributed by atoms with Gasteiger partial charge in [0.15, 0.2) is 5.75 Å². The van der Waals surface area contributed by atoms with Gasteiger partial charge >= 0.3 is 11.9 Å². The van der Waals surface area contributed by atoms with Crippen LogP contribution in [0.15, 0.2) is 65.3 Å². The summed E-state index contributed by atoms with van der Waals surface area (Å²) in [5.74, 6) is -0.833. The Hall–Kier alpha value is -4.13. The van der Waals surface area contributed by atoms with Gasteiger partial charge in [0.25, 0.3) is 5.91 Å². The monoisotopic (exact) mass is 558 g/mol. The van der Waals surface area contributed by atoms with E-state index in [0.29, 0.717) is 23.5 Å². The van der Waals surface area contributed by atoms with Gasteiger partial charge in [-0.3, -0.25) is 14.4 Å². The van der Waals surface area contributed by atoms with Gasteiger partial charge in [0.1, 0.15) is 11.4 Å². The van der Waals surface area contributed by atoms with Crippen LogP contribution in [0.1, 0.15) is 83.1 Å². The van der Waals surface area contributed by atoms with Crippen LogP contribution in [0.5, 0.6) is 11.5 Å². The second kappa shape index (κ2) is 14.0. The Morgan fingerprint density at radius 3 is 2.10 bits per heavy atom. The Morgan fingerprint density at radius 2 is 1.46 bits per heavy atom. The summed E-state index contributed by atoms with van der Waals surface area (Å²) in [4.78, 5) is 41.5. The number of aryl methyl sites for hydroxylation is 1. The van der Waals surface area contributed by atoms with Crippen LogP contribution >= 0.6 is 0 Å². The van der Waals surface area contributed by atoms with Crippen molar-refractivity contribution in [2.75, 3.05) is 23.4 Å². The topological polar surface area (TPSA) is 76.1 Å². The van der Waals surface area contributed by atoms with Crippen LogP contribution in [-0.2, 0) is 9.59 Å². The maximum Gasteiger partial charge on any atom is 0.308 e. The quantitative estimate of drug-likeness (QED) is 0.167. The zero-order chi connectivity index (χ0) is 30.3. The number of carbonyl (C=O) groups is 3. The third kappa shape index (κ3) is 8.19. The van der Waals surface area contributed by atoms with Crippen LogP contribution in [0, 0.1) is 6.92 Å². The predicted molar refractivity (Wildman–Crippen MR) is 165 cm³/mol. The number of anilines is 3. The molecule has 2 aromatic carbocycles. The fourth-order valence-electron chi connectivity index (χ4n) is 4.98. The summed E-state index contributed by atoms with van der Waals surface area (Å²) in [6, 6.07) is 8.77. The Kier molecular flexibility index (Phi) is 10.7. The van der Waals surface area contributed by atoms with E-state index in [1.807, 2.05) is 31.0 Å². The molecule has 1 aliphatic rings. The van der Waals surface area contributed by atoms with Gasteiger partial charge in [0.05, 0.1) is 16.9 Å². The Balaban J connectivity index is 2.01. The molecular formula is C34H42N2O5. The lowest BCUT2D eigenvalue weighted by Crippen LogP contribution is -2.31. The Morgan fingerprint density at radius 1 is 0.829 bits per heavy atom. The predicted octanol–water partition coefficient (Wildman–Crippen LogP) is 7.99. The van der Waals surface area contributed by atoms with Gasteiger partial charge in [-0.2, -0.15) is 0 Å². The van der Waals surface area contributed by atoms with Crippen LogP contribution in [0.25, 0.3) is 0 Å². The molecule has 218 valence electrons. The Labute approximate surface area is 244 Å². The SMILES string of the molecule is CC(=O)Oc1cc(OC(C)=O)c2c(c1)N(CC=C(C)CCC=C(C)CCC=C(C)C)C(=O)c1cccc(C)c1N2C. The molecule has 1 heterocycles. The molecule has 7 nitrogen and oxygen atoms in total. The van der Waals surface area contributed by atoms with Crippen molar-refractivity contribution in [3.05, 3.63) is 76.4 Å². The van der Waals surface area contributed by atoms with E-state index in [9.17, 15) is 14.4 Å². The van der Waals surface area contributed by atoms with Crippen LogP contribution in [0.4, 0.5) is 17.1 Å². The van der Waals surface area contributed by atoms with Crippen LogP contribution < -0.4 is 19.3 Å². The molecule has 0 aliphatic carbocycles. The van der Waals surface area contributed by atoms with Gasteiger partial charge in [-0.15, -0.1) is 0 Å². The molecule has 0 unspecified atom stereocenters. The molecular weight excluding hydrogens is 516 g/mol. The van der Waals surface area contributed by atoms with Gasteiger partial charge in [-0.1, -0.05) is 47.1 Å². The first-order valence-electron chi connectivity index (χ1n) is 14.0. The van der Waals surface area contributed by atoms with Crippen molar-refractivity contribution in [3.8, 4) is 11.5 Å². The molecule has 0 bridgehead atoms. The van der Waals surface area contributed by atoms with E-state index in [1.54, 1.807) is 17.0 Å². The lowest BCUT2D eigenvalue weighted by Gasteiger charge is -2.27. The molecule has 0 N–H and O–H groups in total. The highest BCUT2D eigenvalue weighted by molar-refractivity contribution is 6.15. The van der Waals surface area contributed by atoms with Gasteiger partial charge in [-0.05, 0) is 71.9 Å². The maximum absolute atomic E-state index is 14.1. The van der Waals surface area contributed by atoms with E-state index in [-0.39, 0.29) is 17.4 Å². The second-order valence-electron chi connectivity index (χ2n) is 10.9. The molecule has 2 aromatic rings. The number of benzene rings is 2. The van der Waals surface area contributed by atoms with Gasteiger partial charge in [0, 0.05) is 39.6 Å². The molecule has 0 aromatic heterocycles. The molecule has 0 fully saturated rings. The van der Waals surface area contributed by atoms with Gasteiger partial charge in [0.2, 0.25) is 0 Å². The van der Waals surface area contributed by atoms with E-state index in [4.69, 9.17) is 9.47 Å². The summed E-state index contributed by atoms with van der Waals surface area (Å²) < 4.78 is 11.0. The molecule has 0 radical (unpaired) electrons. The average molecular weight is 559 g/mol. The first-order valence-corrected chi connectivity index (χ1v) is 14.0. The summed E-state index contributed by atoms with van der Waals surface area (Å²) >= 11 is 0. The number of carbonyl (C=O) groups excluding carboxylic acids is 3. The molecule has 41 heavy (non-hydrogen) atoms. The largest absolute Gasteiger partial charge is 0.427 e. The molecule has 7 heteroatoms. The number of hydrogen-bond donors (Lipinski definition) is 0. The maximum atomic E-state index is 14.1. The summed E-state index contributed by atoms with van der Waals surface area (Å²) in [6.45, 7) is 13.3. The van der Waals surface area contributed by atoms with Crippen LogP contribution in [0.2, 0.25) is 0 Å². The highest BCUT2D eigenvalue weighted by atomic mass is 16.5. The number of amides is 1. The molecule has 0 saturated heterocycles. The van der Waals surface area contributed by atoms with Gasteiger partial charge < -0.3 is 19.3 Å². The molecule has 1 amide bonds. The first-order chi connectivity index (χ1) is 19.4. The zero-order valence-electron chi connectivity index (χ0n) is 25.6. The third-order valence-electron chi connectivity index (χ3n) is 6.96. The zero-order valence-corrected chi connectivity index (χ0v) is 25.6. The minimum absolute atomic E-state index is 0.191. The second-order valence-corrected chi connectivity index (χ2v) is 10.9. The van der Waals surface area contributed by atoms with E-state index in [0.717, 1.165) is 42.5 Å². The summed E-state index contributed by atoms with van der Waals surface area (Å²) in [5.41, 5.74) is 7.06. The fourth-order valence-corrected chi connectivity index (χ4v) is 4.98. The van der Waals surface area contributed by atoms with Crippen molar-refractivity contribution in [2.24, 2.45) is 0 Å². The number of allylic oxidation sites excluding steroid dienone is 5. The molecule has 0 atom stereocenters. The number of para-hydroxylation sites is 1. The summed E-state index contributed by atoms with van der Waals surface area (Å²) in [6.07, 6.45) is 10.5. The van der Waals surface area contributed by atoms with Crippen molar-refractivity contribution >= 4 is 34.9 Å². The van der Waals surface area contributed by atoms with E-state index >= 15 is 0 Å². The van der Waals surface area contributed by atoms with Crippen LogP contribution in [0.3, 0.4) is 0 Å². The number of ether oxygens (including phenoxy) is 2. The molecule has 1 aliphatic heterocycles. The number of hydrogen-bond acceptors (Lipinski definition) is 6. The average Bonchev–Trinajstić information content (AvgIpc) is 2.95. The highest BCUT2D eigenvalue weighted by Gasteiger charge is 2.33. The standard InChI is InChI=1S/C34H42N2O5/c1-22(2)12-9-13-23(3)14-10-15-24(4)18-19-36-30-20-28(40-26(6)37)21-31(41-27(7)38)33(30)35(8)32-25(5)16-11-17-29(32)34(36)39/h11-12,14,16-18,20-21H,9-10,13,15,19H2,1-8H3. The van der Waals surface area contributed by atoms with Crippen molar-refractivity contribution in [1.29, 1.82) is 0 Å². The van der Waals surface area contributed by atoms with Gasteiger partial charge in [-0.25, -0.2) is 0 Å². The normalized spacial score (nSPS) is 13.3. The van der Waals surface area contributed by atoms with Crippen molar-refractivity contribution in [3.63, 3.8) is 0 Å². The van der Waals surface area contributed by atoms with Crippen molar-refractivity contribution in [1.82, 2.24) is 0 Å². The first kappa shape index (κ1) is 31.4. The fraction of sp³-hybridized carbons (Fsp3) is 0.382. The highest BCUT2D eigenvalue weighted by Crippen LogP contribution is 2.48. The number of rotatable bonds is 10.